The molecular formula is C17H16ClFN4O. The first-order chi connectivity index (χ1) is 11.5. The summed E-state index contributed by atoms with van der Waals surface area (Å²) in [7, 11) is 0. The molecule has 0 saturated heterocycles. The maximum atomic E-state index is 13.3. The molecule has 5 nitrogen and oxygen atoms in total. The zero-order valence-corrected chi connectivity index (χ0v) is 13.7. The smallest absolute Gasteiger partial charge is 0.141 e. The normalized spacial score (nSPS) is 12.2. The molecule has 0 unspecified atom stereocenters. The number of halogens is 2. The van der Waals surface area contributed by atoms with Crippen LogP contribution in [0.1, 0.15) is 6.92 Å². The lowest BCUT2D eigenvalue weighted by atomic mass is 10.2. The molecule has 24 heavy (non-hydrogen) atoms. The second kappa shape index (κ2) is 6.98. The van der Waals surface area contributed by atoms with Crippen LogP contribution in [0.25, 0.3) is 10.9 Å². The molecule has 0 bridgehead atoms. The van der Waals surface area contributed by atoms with Gasteiger partial charge in [-0.1, -0.05) is 11.6 Å². The van der Waals surface area contributed by atoms with Crippen molar-refractivity contribution in [3.05, 3.63) is 53.6 Å². The van der Waals surface area contributed by atoms with Gasteiger partial charge in [0.05, 0.1) is 22.8 Å². The van der Waals surface area contributed by atoms with Crippen molar-refractivity contribution in [1.29, 1.82) is 0 Å². The molecule has 3 rings (SSSR count). The number of nitrogens with zero attached hydrogens (tertiary/aromatic N) is 2. The van der Waals surface area contributed by atoms with Crippen LogP contribution in [0.15, 0.2) is 42.7 Å². The number of anilines is 3. The van der Waals surface area contributed by atoms with Gasteiger partial charge in [-0.25, -0.2) is 9.37 Å². The minimum absolute atomic E-state index is 0.0549. The lowest BCUT2D eigenvalue weighted by Gasteiger charge is -2.12. The van der Waals surface area contributed by atoms with Crippen molar-refractivity contribution >= 4 is 39.7 Å². The second-order valence-corrected chi connectivity index (χ2v) is 5.84. The Hall–Kier alpha value is -2.44. The predicted octanol–water partition coefficient (Wildman–Crippen LogP) is 3.96. The molecule has 1 aromatic carbocycles. The summed E-state index contributed by atoms with van der Waals surface area (Å²) >= 11 is 5.82. The largest absolute Gasteiger partial charge is 0.392 e. The highest BCUT2D eigenvalue weighted by molar-refractivity contribution is 6.31. The molecule has 7 heteroatoms. The van der Waals surface area contributed by atoms with Crippen molar-refractivity contribution in [2.24, 2.45) is 0 Å². The van der Waals surface area contributed by atoms with E-state index in [1.54, 1.807) is 25.4 Å². The fourth-order valence-corrected chi connectivity index (χ4v) is 2.42. The molecule has 0 saturated carbocycles. The van der Waals surface area contributed by atoms with Gasteiger partial charge < -0.3 is 15.7 Å². The Morgan fingerprint density at radius 2 is 2.08 bits per heavy atom. The molecule has 3 N–H and O–H groups in total. The molecule has 1 atom stereocenters. The number of hydrogen-bond acceptors (Lipinski definition) is 5. The Morgan fingerprint density at radius 1 is 1.25 bits per heavy atom. The predicted molar refractivity (Wildman–Crippen MR) is 94.4 cm³/mol. The monoisotopic (exact) mass is 346 g/mol. The van der Waals surface area contributed by atoms with Gasteiger partial charge in [0.2, 0.25) is 0 Å². The van der Waals surface area contributed by atoms with Crippen LogP contribution >= 0.6 is 11.6 Å². The van der Waals surface area contributed by atoms with Gasteiger partial charge in [-0.2, -0.15) is 0 Å². The maximum absolute atomic E-state index is 13.3. The first kappa shape index (κ1) is 16.4. The molecular weight excluding hydrogens is 331 g/mol. The fourth-order valence-electron chi connectivity index (χ4n) is 2.24. The van der Waals surface area contributed by atoms with Gasteiger partial charge in [-0.15, -0.1) is 0 Å². The zero-order chi connectivity index (χ0) is 17.1. The van der Waals surface area contributed by atoms with Crippen molar-refractivity contribution in [3.63, 3.8) is 0 Å². The highest BCUT2D eigenvalue weighted by Gasteiger charge is 2.07. The zero-order valence-electron chi connectivity index (χ0n) is 12.9. The number of rotatable bonds is 5. The van der Waals surface area contributed by atoms with Crippen LogP contribution in [0.3, 0.4) is 0 Å². The van der Waals surface area contributed by atoms with E-state index in [4.69, 9.17) is 11.6 Å². The topological polar surface area (TPSA) is 70.1 Å². The molecule has 2 aromatic heterocycles. The lowest BCUT2D eigenvalue weighted by molar-refractivity contribution is 0.208. The van der Waals surface area contributed by atoms with Crippen LogP contribution in [0.5, 0.6) is 0 Å². The molecule has 124 valence electrons. The van der Waals surface area contributed by atoms with Crippen molar-refractivity contribution in [2.45, 2.75) is 13.0 Å². The lowest BCUT2D eigenvalue weighted by Crippen LogP contribution is -2.15. The van der Waals surface area contributed by atoms with Gasteiger partial charge >= 0.3 is 0 Å². The highest BCUT2D eigenvalue weighted by Crippen LogP contribution is 2.28. The summed E-state index contributed by atoms with van der Waals surface area (Å²) in [5.41, 5.74) is 2.19. The van der Waals surface area contributed by atoms with Crippen LogP contribution in [-0.4, -0.2) is 27.7 Å². The molecule has 3 aromatic rings. The Bertz CT molecular complexity index is 872. The summed E-state index contributed by atoms with van der Waals surface area (Å²) in [6.07, 6.45) is 2.85. The van der Waals surface area contributed by atoms with E-state index in [0.29, 0.717) is 18.1 Å². The number of pyridine rings is 2. The quantitative estimate of drug-likeness (QED) is 0.652. The van der Waals surface area contributed by atoms with E-state index in [9.17, 15) is 9.50 Å². The van der Waals surface area contributed by atoms with E-state index in [2.05, 4.69) is 20.6 Å². The first-order valence-electron chi connectivity index (χ1n) is 7.41. The van der Waals surface area contributed by atoms with E-state index in [1.807, 2.05) is 12.1 Å². The van der Waals surface area contributed by atoms with E-state index in [1.165, 1.54) is 12.1 Å². The van der Waals surface area contributed by atoms with Crippen LogP contribution in [0.4, 0.5) is 21.6 Å². The second-order valence-electron chi connectivity index (χ2n) is 5.43. The summed E-state index contributed by atoms with van der Waals surface area (Å²) in [4.78, 5) is 8.56. The third-order valence-corrected chi connectivity index (χ3v) is 3.69. The average molecular weight is 347 g/mol. The molecule has 0 aliphatic rings. The van der Waals surface area contributed by atoms with Gasteiger partial charge in [-0.05, 0) is 37.3 Å². The molecule has 0 fully saturated rings. The SMILES string of the molecule is C[C@@H](O)CNc1cc2c(Nc3ccc(F)c(Cl)c3)ccnc2cn1. The maximum Gasteiger partial charge on any atom is 0.141 e. The van der Waals surface area contributed by atoms with Crippen LogP contribution in [-0.2, 0) is 0 Å². The van der Waals surface area contributed by atoms with E-state index in [-0.39, 0.29) is 5.02 Å². The Balaban J connectivity index is 1.94. The number of benzene rings is 1. The van der Waals surface area contributed by atoms with Gasteiger partial charge in [0.15, 0.2) is 0 Å². The molecule has 0 amide bonds. The molecule has 0 spiro atoms. The number of aliphatic hydroxyl groups excluding tert-OH is 1. The van der Waals surface area contributed by atoms with E-state index >= 15 is 0 Å². The average Bonchev–Trinajstić information content (AvgIpc) is 2.56. The van der Waals surface area contributed by atoms with Crippen molar-refractivity contribution < 1.29 is 9.50 Å². The summed E-state index contributed by atoms with van der Waals surface area (Å²) in [5.74, 6) is 0.173. The van der Waals surface area contributed by atoms with Gasteiger partial charge in [0.25, 0.3) is 0 Å². The third-order valence-electron chi connectivity index (χ3n) is 3.41. The third kappa shape index (κ3) is 3.72. The summed E-state index contributed by atoms with van der Waals surface area (Å²) in [5, 5.41) is 16.5. The summed E-state index contributed by atoms with van der Waals surface area (Å²) in [6, 6.07) is 8.11. The Kier molecular flexibility index (Phi) is 4.78. The minimum Gasteiger partial charge on any atom is -0.392 e. The molecule has 0 radical (unpaired) electrons. The molecule has 0 aliphatic carbocycles. The fraction of sp³-hybridized carbons (Fsp3) is 0.176. The standard InChI is InChI=1S/C17H16ClFN4O/c1-10(24)8-21-17-7-12-15(4-5-20-16(12)9-22-17)23-11-2-3-14(19)13(18)6-11/h2-7,9-10,24H,8H2,1H3,(H,20,23)(H,21,22)/t10-/m1/s1. The Labute approximate surface area is 143 Å². The van der Waals surface area contributed by atoms with Crippen molar-refractivity contribution in [2.75, 3.05) is 17.2 Å². The van der Waals surface area contributed by atoms with E-state index in [0.717, 1.165) is 16.6 Å². The molecule has 2 heterocycles. The Morgan fingerprint density at radius 3 is 2.83 bits per heavy atom. The molecule has 0 aliphatic heterocycles. The van der Waals surface area contributed by atoms with Crippen molar-refractivity contribution in [1.82, 2.24) is 9.97 Å². The van der Waals surface area contributed by atoms with Crippen molar-refractivity contribution in [3.8, 4) is 0 Å². The van der Waals surface area contributed by atoms with Crippen LogP contribution < -0.4 is 10.6 Å². The van der Waals surface area contributed by atoms with Crippen LogP contribution in [0, 0.1) is 5.82 Å². The summed E-state index contributed by atoms with van der Waals surface area (Å²) in [6.45, 7) is 2.09. The highest BCUT2D eigenvalue weighted by atomic mass is 35.5. The number of aromatic nitrogens is 2. The number of fused-ring (bicyclic) bond motifs is 1. The van der Waals surface area contributed by atoms with Gasteiger partial charge in [0.1, 0.15) is 11.6 Å². The minimum atomic E-state index is -0.477. The first-order valence-corrected chi connectivity index (χ1v) is 7.79. The summed E-state index contributed by atoms with van der Waals surface area (Å²) < 4.78 is 13.3. The van der Waals surface area contributed by atoms with Crippen LogP contribution in [0.2, 0.25) is 5.02 Å². The number of nitrogens with one attached hydrogen (secondary N) is 2. The van der Waals surface area contributed by atoms with Gasteiger partial charge in [0, 0.05) is 29.5 Å². The van der Waals surface area contributed by atoms with E-state index < -0.39 is 11.9 Å². The number of aliphatic hydroxyl groups is 1. The number of hydrogen-bond donors (Lipinski definition) is 3. The van der Waals surface area contributed by atoms with Gasteiger partial charge in [-0.3, -0.25) is 4.98 Å².